The second-order valence-electron chi connectivity index (χ2n) is 5.40. The lowest BCUT2D eigenvalue weighted by Gasteiger charge is -2.27. The van der Waals surface area contributed by atoms with Crippen LogP contribution in [0.1, 0.15) is 47.5 Å². The van der Waals surface area contributed by atoms with E-state index in [0.717, 1.165) is 12.8 Å². The van der Waals surface area contributed by atoms with Crippen LogP contribution in [0.5, 0.6) is 0 Å². The molecule has 0 spiro atoms. The van der Waals surface area contributed by atoms with Crippen molar-refractivity contribution in [3.63, 3.8) is 0 Å². The number of amides is 1. The number of rotatable bonds is 7. The Morgan fingerprint density at radius 3 is 2.25 bits per heavy atom. The average molecular weight is 247 g/mol. The Hall–Kier alpha value is -0.220. The predicted octanol–water partition coefficient (Wildman–Crippen LogP) is 2.41. The smallest absolute Gasteiger partial charge is 0.216 e. The molecule has 0 aromatic rings. The lowest BCUT2D eigenvalue weighted by Crippen LogP contribution is -2.32. The van der Waals surface area contributed by atoms with Gasteiger partial charge < -0.3 is 10.1 Å². The standard InChI is InChI=1S/C12H25NO2S/c1-10(14)13-8-6-11(2,3)15-9-7-12(4,5)16/h16H,6-9H2,1-5H3,(H,13,14). The van der Waals surface area contributed by atoms with Crippen LogP contribution in [0.3, 0.4) is 0 Å². The van der Waals surface area contributed by atoms with Gasteiger partial charge in [0.15, 0.2) is 0 Å². The lowest BCUT2D eigenvalue weighted by atomic mass is 10.0. The summed E-state index contributed by atoms with van der Waals surface area (Å²) in [5.74, 6) is 0.00675. The zero-order chi connectivity index (χ0) is 12.8. The van der Waals surface area contributed by atoms with E-state index in [1.807, 2.05) is 13.8 Å². The molecule has 0 aliphatic heterocycles. The van der Waals surface area contributed by atoms with Crippen molar-refractivity contribution in [2.24, 2.45) is 0 Å². The molecular weight excluding hydrogens is 222 g/mol. The van der Waals surface area contributed by atoms with Gasteiger partial charge in [-0.1, -0.05) is 13.8 Å². The number of thiol groups is 1. The quantitative estimate of drug-likeness (QED) is 0.678. The zero-order valence-corrected chi connectivity index (χ0v) is 12.0. The molecule has 1 N–H and O–H groups in total. The molecule has 0 radical (unpaired) electrons. The first-order valence-corrected chi connectivity index (χ1v) is 6.18. The summed E-state index contributed by atoms with van der Waals surface area (Å²) in [5.41, 5.74) is -0.193. The average Bonchev–Trinajstić information content (AvgIpc) is 1.99. The van der Waals surface area contributed by atoms with Crippen LogP contribution in [-0.2, 0) is 9.53 Å². The van der Waals surface area contributed by atoms with Crippen molar-refractivity contribution in [1.29, 1.82) is 0 Å². The fraction of sp³-hybridized carbons (Fsp3) is 0.917. The Bertz CT molecular complexity index is 222. The monoisotopic (exact) mass is 247 g/mol. The molecule has 0 rings (SSSR count). The predicted molar refractivity (Wildman–Crippen MR) is 71.0 cm³/mol. The van der Waals surface area contributed by atoms with Crippen molar-refractivity contribution >= 4 is 18.5 Å². The summed E-state index contributed by atoms with van der Waals surface area (Å²) in [6.07, 6.45) is 1.74. The summed E-state index contributed by atoms with van der Waals surface area (Å²) in [6, 6.07) is 0. The van der Waals surface area contributed by atoms with Crippen LogP contribution < -0.4 is 5.32 Å². The van der Waals surface area contributed by atoms with Crippen molar-refractivity contribution in [3.8, 4) is 0 Å². The molecule has 1 amide bonds. The highest BCUT2D eigenvalue weighted by Gasteiger charge is 2.19. The molecule has 0 aromatic heterocycles. The molecular formula is C12H25NO2S. The minimum absolute atomic E-state index is 0.00675. The normalized spacial score (nSPS) is 12.6. The third kappa shape index (κ3) is 10.3. The van der Waals surface area contributed by atoms with E-state index in [4.69, 9.17) is 4.74 Å². The van der Waals surface area contributed by atoms with E-state index in [0.29, 0.717) is 13.2 Å². The van der Waals surface area contributed by atoms with Gasteiger partial charge in [0, 0.05) is 24.8 Å². The van der Waals surface area contributed by atoms with E-state index < -0.39 is 0 Å². The highest BCUT2D eigenvalue weighted by molar-refractivity contribution is 7.81. The first kappa shape index (κ1) is 15.8. The molecule has 96 valence electrons. The number of nitrogens with one attached hydrogen (secondary N) is 1. The number of ether oxygens (including phenoxy) is 1. The highest BCUT2D eigenvalue weighted by atomic mass is 32.1. The van der Waals surface area contributed by atoms with Gasteiger partial charge in [-0.2, -0.15) is 12.6 Å². The second kappa shape index (κ2) is 6.50. The van der Waals surface area contributed by atoms with Crippen molar-refractivity contribution in [1.82, 2.24) is 5.32 Å². The third-order valence-electron chi connectivity index (χ3n) is 2.31. The largest absolute Gasteiger partial charge is 0.375 e. The van der Waals surface area contributed by atoms with Gasteiger partial charge in [-0.05, 0) is 26.7 Å². The minimum atomic E-state index is -0.193. The number of carbonyl (C=O) groups is 1. The fourth-order valence-electron chi connectivity index (χ4n) is 1.19. The van der Waals surface area contributed by atoms with Gasteiger partial charge in [0.1, 0.15) is 0 Å². The summed E-state index contributed by atoms with van der Waals surface area (Å²) in [4.78, 5) is 10.7. The van der Waals surface area contributed by atoms with Crippen molar-refractivity contribution in [2.45, 2.75) is 57.8 Å². The van der Waals surface area contributed by atoms with Crippen LogP contribution in [0.25, 0.3) is 0 Å². The number of hydrogen-bond acceptors (Lipinski definition) is 3. The minimum Gasteiger partial charge on any atom is -0.375 e. The summed E-state index contributed by atoms with van der Waals surface area (Å²) in [7, 11) is 0. The van der Waals surface area contributed by atoms with Crippen LogP contribution in [0.2, 0.25) is 0 Å². The molecule has 0 aliphatic rings. The number of hydrogen-bond donors (Lipinski definition) is 2. The zero-order valence-electron chi connectivity index (χ0n) is 11.1. The van der Waals surface area contributed by atoms with Gasteiger partial charge in [0.25, 0.3) is 0 Å². The molecule has 0 atom stereocenters. The van der Waals surface area contributed by atoms with Crippen molar-refractivity contribution < 1.29 is 9.53 Å². The van der Waals surface area contributed by atoms with E-state index in [9.17, 15) is 4.79 Å². The summed E-state index contributed by atoms with van der Waals surface area (Å²) in [5, 5.41) is 2.77. The topological polar surface area (TPSA) is 38.3 Å². The van der Waals surface area contributed by atoms with Crippen LogP contribution in [-0.4, -0.2) is 29.4 Å². The molecule has 16 heavy (non-hydrogen) atoms. The van der Waals surface area contributed by atoms with Crippen LogP contribution >= 0.6 is 12.6 Å². The van der Waals surface area contributed by atoms with Crippen LogP contribution in [0, 0.1) is 0 Å². The van der Waals surface area contributed by atoms with E-state index in [2.05, 4.69) is 31.8 Å². The van der Waals surface area contributed by atoms with Crippen molar-refractivity contribution in [3.05, 3.63) is 0 Å². The third-order valence-corrected chi connectivity index (χ3v) is 2.53. The van der Waals surface area contributed by atoms with Gasteiger partial charge in [-0.15, -0.1) is 0 Å². The second-order valence-corrected chi connectivity index (χ2v) is 6.61. The molecule has 0 aromatic carbocycles. The Kier molecular flexibility index (Phi) is 6.41. The maximum Gasteiger partial charge on any atom is 0.216 e. The highest BCUT2D eigenvalue weighted by Crippen LogP contribution is 2.20. The molecule has 0 unspecified atom stereocenters. The van der Waals surface area contributed by atoms with E-state index >= 15 is 0 Å². The van der Waals surface area contributed by atoms with Gasteiger partial charge in [-0.25, -0.2) is 0 Å². The maximum atomic E-state index is 10.7. The molecule has 0 fully saturated rings. The Labute approximate surface area is 105 Å². The van der Waals surface area contributed by atoms with Gasteiger partial charge in [-0.3, -0.25) is 4.79 Å². The molecule has 4 heteroatoms. The Balaban J connectivity index is 3.74. The summed E-state index contributed by atoms with van der Waals surface area (Å²) < 4.78 is 5.79. The van der Waals surface area contributed by atoms with Gasteiger partial charge >= 0.3 is 0 Å². The van der Waals surface area contributed by atoms with Crippen molar-refractivity contribution in [2.75, 3.05) is 13.2 Å². The van der Waals surface area contributed by atoms with Gasteiger partial charge in [0.2, 0.25) is 5.91 Å². The molecule has 0 heterocycles. The van der Waals surface area contributed by atoms with E-state index in [1.54, 1.807) is 0 Å². The molecule has 0 bridgehead atoms. The van der Waals surface area contributed by atoms with Crippen LogP contribution in [0.4, 0.5) is 0 Å². The first-order chi connectivity index (χ1) is 7.12. The number of carbonyl (C=O) groups excluding carboxylic acids is 1. The summed E-state index contributed by atoms with van der Waals surface area (Å²) >= 11 is 4.44. The molecule has 3 nitrogen and oxygen atoms in total. The first-order valence-electron chi connectivity index (χ1n) is 5.73. The Morgan fingerprint density at radius 1 is 1.25 bits per heavy atom. The van der Waals surface area contributed by atoms with E-state index in [-0.39, 0.29) is 16.3 Å². The fourth-order valence-corrected chi connectivity index (χ4v) is 1.28. The Morgan fingerprint density at radius 2 is 1.81 bits per heavy atom. The maximum absolute atomic E-state index is 10.7. The lowest BCUT2D eigenvalue weighted by molar-refractivity contribution is -0.119. The molecule has 0 saturated carbocycles. The van der Waals surface area contributed by atoms with Crippen LogP contribution in [0.15, 0.2) is 0 Å². The van der Waals surface area contributed by atoms with Gasteiger partial charge in [0.05, 0.1) is 5.60 Å². The SMILES string of the molecule is CC(=O)NCCC(C)(C)OCCC(C)(C)S. The summed E-state index contributed by atoms with van der Waals surface area (Å²) in [6.45, 7) is 11.1. The van der Waals surface area contributed by atoms with E-state index in [1.165, 1.54) is 6.92 Å². The molecule has 0 saturated heterocycles. The molecule has 0 aliphatic carbocycles.